The highest BCUT2D eigenvalue weighted by molar-refractivity contribution is 5.27. The van der Waals surface area contributed by atoms with Crippen LogP contribution in [0.2, 0.25) is 0 Å². The Morgan fingerprint density at radius 2 is 1.94 bits per heavy atom. The Kier molecular flexibility index (Phi) is 3.94. The van der Waals surface area contributed by atoms with Gasteiger partial charge in [-0.3, -0.25) is 0 Å². The van der Waals surface area contributed by atoms with Gasteiger partial charge in [0.2, 0.25) is 0 Å². The third-order valence-electron chi connectivity index (χ3n) is 2.92. The largest absolute Gasteiger partial charge is 0.386 e. The first-order chi connectivity index (χ1) is 8.20. The molecule has 0 amide bonds. The average molecular weight is 234 g/mol. The Morgan fingerprint density at radius 1 is 1.24 bits per heavy atom. The second-order valence-corrected chi connectivity index (χ2v) is 4.34. The Bertz CT molecular complexity index is 383. The lowest BCUT2D eigenvalue weighted by Gasteiger charge is -2.29. The minimum absolute atomic E-state index is 0.0980. The van der Waals surface area contributed by atoms with E-state index in [0.717, 1.165) is 5.56 Å². The highest BCUT2D eigenvalue weighted by Crippen LogP contribution is 2.26. The Balaban J connectivity index is 2.12. The summed E-state index contributed by atoms with van der Waals surface area (Å²) in [5.74, 6) is 0. The topological polar surface area (TPSA) is 38.7 Å². The van der Waals surface area contributed by atoms with Crippen LogP contribution in [0.1, 0.15) is 17.2 Å². The highest BCUT2D eigenvalue weighted by atomic mass is 16.5. The fourth-order valence-electron chi connectivity index (χ4n) is 1.90. The molecule has 0 aliphatic carbocycles. The van der Waals surface area contributed by atoms with Crippen molar-refractivity contribution in [3.8, 4) is 0 Å². The molecule has 1 aliphatic rings. The van der Waals surface area contributed by atoms with Gasteiger partial charge in [-0.25, -0.2) is 0 Å². The Labute approximate surface area is 102 Å². The molecular formula is C14H18O3. The van der Waals surface area contributed by atoms with Crippen LogP contribution >= 0.6 is 0 Å². The van der Waals surface area contributed by atoms with Gasteiger partial charge in [0.05, 0.1) is 6.61 Å². The quantitative estimate of drug-likeness (QED) is 0.813. The molecule has 0 unspecified atom stereocenters. The zero-order valence-corrected chi connectivity index (χ0v) is 10.2. The molecule has 0 fully saturated rings. The van der Waals surface area contributed by atoms with Gasteiger partial charge in [0, 0.05) is 7.11 Å². The number of aliphatic hydroxyl groups is 1. The average Bonchev–Trinajstić information content (AvgIpc) is 2.33. The molecule has 3 heteroatoms. The lowest BCUT2D eigenvalue weighted by Crippen LogP contribution is -2.35. The monoisotopic (exact) mass is 234 g/mol. The van der Waals surface area contributed by atoms with Crippen molar-refractivity contribution in [2.45, 2.75) is 25.2 Å². The smallest absolute Gasteiger partial charge is 0.111 e. The molecule has 0 aromatic heterocycles. The van der Waals surface area contributed by atoms with Crippen LogP contribution in [-0.2, 0) is 9.47 Å². The minimum Gasteiger partial charge on any atom is -0.386 e. The van der Waals surface area contributed by atoms with E-state index in [9.17, 15) is 5.11 Å². The molecule has 1 aromatic rings. The number of benzene rings is 1. The first kappa shape index (κ1) is 12.3. The van der Waals surface area contributed by atoms with Crippen molar-refractivity contribution >= 4 is 0 Å². The number of aliphatic hydroxyl groups excluding tert-OH is 1. The predicted octanol–water partition coefficient (Wildman–Crippen LogP) is 2.00. The van der Waals surface area contributed by atoms with Crippen LogP contribution < -0.4 is 0 Å². The molecule has 0 spiro atoms. The van der Waals surface area contributed by atoms with E-state index in [1.165, 1.54) is 5.56 Å². The van der Waals surface area contributed by atoms with E-state index in [2.05, 4.69) is 19.1 Å². The van der Waals surface area contributed by atoms with Gasteiger partial charge in [0.1, 0.15) is 18.3 Å². The van der Waals surface area contributed by atoms with E-state index in [-0.39, 0.29) is 12.2 Å². The van der Waals surface area contributed by atoms with Crippen molar-refractivity contribution in [2.24, 2.45) is 0 Å². The maximum atomic E-state index is 9.72. The lowest BCUT2D eigenvalue weighted by atomic mass is 10.0. The molecular weight excluding hydrogens is 216 g/mol. The van der Waals surface area contributed by atoms with Crippen molar-refractivity contribution in [2.75, 3.05) is 13.7 Å². The van der Waals surface area contributed by atoms with Crippen LogP contribution in [0, 0.1) is 6.92 Å². The van der Waals surface area contributed by atoms with Crippen molar-refractivity contribution < 1.29 is 14.6 Å². The van der Waals surface area contributed by atoms with Crippen LogP contribution in [0.4, 0.5) is 0 Å². The van der Waals surface area contributed by atoms with E-state index in [1.807, 2.05) is 18.2 Å². The predicted molar refractivity (Wildman–Crippen MR) is 65.8 cm³/mol. The van der Waals surface area contributed by atoms with Gasteiger partial charge >= 0.3 is 0 Å². The van der Waals surface area contributed by atoms with Crippen molar-refractivity contribution in [3.63, 3.8) is 0 Å². The van der Waals surface area contributed by atoms with Gasteiger partial charge in [0.25, 0.3) is 0 Å². The molecule has 92 valence electrons. The SMILES string of the molecule is COC[C@H]1O[C@H](c2ccc(C)cc2)C=C[C@H]1O. The van der Waals surface area contributed by atoms with Crippen molar-refractivity contribution in [1.82, 2.24) is 0 Å². The Morgan fingerprint density at radius 3 is 2.59 bits per heavy atom. The number of ether oxygens (including phenoxy) is 2. The van der Waals surface area contributed by atoms with E-state index in [1.54, 1.807) is 13.2 Å². The first-order valence-electron chi connectivity index (χ1n) is 5.78. The molecule has 2 rings (SSSR count). The van der Waals surface area contributed by atoms with Gasteiger partial charge in [-0.05, 0) is 12.5 Å². The van der Waals surface area contributed by atoms with Crippen molar-refractivity contribution in [3.05, 3.63) is 47.5 Å². The van der Waals surface area contributed by atoms with Crippen LogP contribution in [0.15, 0.2) is 36.4 Å². The fraction of sp³-hybridized carbons (Fsp3) is 0.429. The molecule has 0 saturated heterocycles. The molecule has 1 aliphatic heterocycles. The normalized spacial score (nSPS) is 28.3. The summed E-state index contributed by atoms with van der Waals surface area (Å²) in [7, 11) is 1.61. The standard InChI is InChI=1S/C14H18O3/c1-10-3-5-11(6-4-10)13-8-7-12(15)14(17-13)9-16-2/h3-8,12-15H,9H2,1-2H3/t12-,13+,14-/m1/s1. The summed E-state index contributed by atoms with van der Waals surface area (Å²) < 4.78 is 10.8. The maximum absolute atomic E-state index is 9.72. The molecule has 17 heavy (non-hydrogen) atoms. The molecule has 3 atom stereocenters. The first-order valence-corrected chi connectivity index (χ1v) is 5.78. The fourth-order valence-corrected chi connectivity index (χ4v) is 1.90. The van der Waals surface area contributed by atoms with Gasteiger partial charge in [-0.2, -0.15) is 0 Å². The van der Waals surface area contributed by atoms with Crippen LogP contribution in [0.3, 0.4) is 0 Å². The number of aryl methyl sites for hydroxylation is 1. The molecule has 1 heterocycles. The number of hydrogen-bond acceptors (Lipinski definition) is 3. The third-order valence-corrected chi connectivity index (χ3v) is 2.92. The molecule has 0 radical (unpaired) electrons. The summed E-state index contributed by atoms with van der Waals surface area (Å²) in [5, 5.41) is 9.72. The van der Waals surface area contributed by atoms with Gasteiger partial charge in [0.15, 0.2) is 0 Å². The highest BCUT2D eigenvalue weighted by Gasteiger charge is 2.26. The molecule has 1 N–H and O–H groups in total. The zero-order chi connectivity index (χ0) is 12.3. The van der Waals surface area contributed by atoms with Crippen LogP contribution in [0.5, 0.6) is 0 Å². The summed E-state index contributed by atoms with van der Waals surface area (Å²) in [5.41, 5.74) is 2.32. The second kappa shape index (κ2) is 5.45. The van der Waals surface area contributed by atoms with Crippen LogP contribution in [0.25, 0.3) is 0 Å². The van der Waals surface area contributed by atoms with E-state index in [0.29, 0.717) is 6.61 Å². The summed E-state index contributed by atoms with van der Waals surface area (Å²) in [6.07, 6.45) is 2.69. The number of hydrogen-bond donors (Lipinski definition) is 1. The summed E-state index contributed by atoms with van der Waals surface area (Å²) in [6, 6.07) is 8.21. The summed E-state index contributed by atoms with van der Waals surface area (Å²) in [6.45, 7) is 2.45. The third kappa shape index (κ3) is 2.94. The minimum atomic E-state index is -0.586. The lowest BCUT2D eigenvalue weighted by molar-refractivity contribution is -0.0877. The van der Waals surface area contributed by atoms with Crippen LogP contribution in [-0.4, -0.2) is 31.0 Å². The van der Waals surface area contributed by atoms with Gasteiger partial charge in [-0.15, -0.1) is 0 Å². The summed E-state index contributed by atoms with van der Waals surface area (Å²) in [4.78, 5) is 0. The molecule has 3 nitrogen and oxygen atoms in total. The summed E-state index contributed by atoms with van der Waals surface area (Å²) >= 11 is 0. The van der Waals surface area contributed by atoms with E-state index < -0.39 is 6.10 Å². The van der Waals surface area contributed by atoms with Crippen molar-refractivity contribution in [1.29, 1.82) is 0 Å². The molecule has 0 saturated carbocycles. The zero-order valence-electron chi connectivity index (χ0n) is 10.2. The molecule has 1 aromatic carbocycles. The molecule has 0 bridgehead atoms. The Hall–Kier alpha value is -1.16. The van der Waals surface area contributed by atoms with Gasteiger partial charge < -0.3 is 14.6 Å². The second-order valence-electron chi connectivity index (χ2n) is 4.34. The van der Waals surface area contributed by atoms with E-state index in [4.69, 9.17) is 9.47 Å². The number of methoxy groups -OCH3 is 1. The van der Waals surface area contributed by atoms with Gasteiger partial charge in [-0.1, -0.05) is 42.0 Å². The number of rotatable bonds is 3. The van der Waals surface area contributed by atoms with E-state index >= 15 is 0 Å². The maximum Gasteiger partial charge on any atom is 0.111 e.